The van der Waals surface area contributed by atoms with Crippen molar-refractivity contribution in [2.45, 2.75) is 12.5 Å². The number of nitrogens with one attached hydrogen (secondary N) is 1. The van der Waals surface area contributed by atoms with E-state index < -0.39 is 17.9 Å². The number of carbonyl (C=O) groups excluding carboxylic acids is 1. The number of benzene rings is 2. The second kappa shape index (κ2) is 7.89. The van der Waals surface area contributed by atoms with Gasteiger partial charge in [-0.3, -0.25) is 4.79 Å². The van der Waals surface area contributed by atoms with Crippen LogP contribution in [0.1, 0.15) is 11.1 Å². The monoisotopic (exact) mass is 313 g/mol. The molecule has 5 heteroatoms. The van der Waals surface area contributed by atoms with Crippen LogP contribution in [0.4, 0.5) is 4.39 Å². The first-order chi connectivity index (χ1) is 11.0. The van der Waals surface area contributed by atoms with Crippen LogP contribution in [0.25, 0.3) is 6.08 Å². The Kier molecular flexibility index (Phi) is 5.63. The molecule has 0 aliphatic heterocycles. The van der Waals surface area contributed by atoms with Crippen LogP contribution in [0, 0.1) is 5.82 Å². The molecule has 2 N–H and O–H groups in total. The lowest BCUT2D eigenvalue weighted by atomic mass is 10.1. The number of amides is 1. The summed E-state index contributed by atoms with van der Waals surface area (Å²) in [4.78, 5) is 23.1. The van der Waals surface area contributed by atoms with E-state index >= 15 is 0 Å². The molecule has 2 rings (SSSR count). The second-order valence-electron chi connectivity index (χ2n) is 4.97. The van der Waals surface area contributed by atoms with Crippen molar-refractivity contribution >= 4 is 18.0 Å². The summed E-state index contributed by atoms with van der Waals surface area (Å²) in [6, 6.07) is 13.7. The van der Waals surface area contributed by atoms with Crippen LogP contribution in [-0.4, -0.2) is 23.0 Å². The van der Waals surface area contributed by atoms with Crippen molar-refractivity contribution in [1.29, 1.82) is 0 Å². The van der Waals surface area contributed by atoms with Crippen molar-refractivity contribution in [1.82, 2.24) is 5.32 Å². The van der Waals surface area contributed by atoms with E-state index in [0.29, 0.717) is 5.56 Å². The lowest BCUT2D eigenvalue weighted by molar-refractivity contribution is -0.141. The van der Waals surface area contributed by atoms with Gasteiger partial charge < -0.3 is 10.4 Å². The van der Waals surface area contributed by atoms with Gasteiger partial charge in [-0.15, -0.1) is 0 Å². The van der Waals surface area contributed by atoms with Gasteiger partial charge in [-0.2, -0.15) is 0 Å². The number of carboxylic acid groups (broad SMARTS) is 1. The molecule has 2 aromatic rings. The van der Waals surface area contributed by atoms with Gasteiger partial charge in [-0.25, -0.2) is 9.18 Å². The Hall–Kier alpha value is -2.95. The number of carboxylic acids is 1. The van der Waals surface area contributed by atoms with Crippen LogP contribution < -0.4 is 5.32 Å². The largest absolute Gasteiger partial charge is 0.480 e. The minimum atomic E-state index is -1.10. The molecule has 0 unspecified atom stereocenters. The van der Waals surface area contributed by atoms with E-state index in [-0.39, 0.29) is 12.2 Å². The van der Waals surface area contributed by atoms with E-state index in [1.165, 1.54) is 36.4 Å². The van der Waals surface area contributed by atoms with Crippen molar-refractivity contribution < 1.29 is 19.1 Å². The third-order valence-electron chi connectivity index (χ3n) is 3.19. The lowest BCUT2D eigenvalue weighted by Gasteiger charge is -2.13. The fourth-order valence-corrected chi connectivity index (χ4v) is 2.02. The molecule has 0 aliphatic rings. The van der Waals surface area contributed by atoms with Gasteiger partial charge in [0.05, 0.1) is 0 Å². The van der Waals surface area contributed by atoms with Gasteiger partial charge in [0.1, 0.15) is 11.9 Å². The van der Waals surface area contributed by atoms with Crippen LogP contribution >= 0.6 is 0 Å². The summed E-state index contributed by atoms with van der Waals surface area (Å²) < 4.78 is 12.8. The first kappa shape index (κ1) is 16.4. The molecule has 0 bridgehead atoms. The Morgan fingerprint density at radius 2 is 1.74 bits per heavy atom. The summed E-state index contributed by atoms with van der Waals surface area (Å²) in [7, 11) is 0. The first-order valence-corrected chi connectivity index (χ1v) is 7.05. The number of hydrogen-bond donors (Lipinski definition) is 2. The molecule has 0 aromatic heterocycles. The average Bonchev–Trinajstić information content (AvgIpc) is 2.54. The van der Waals surface area contributed by atoms with E-state index in [0.717, 1.165) is 5.56 Å². The summed E-state index contributed by atoms with van der Waals surface area (Å²) in [5.41, 5.74) is 1.47. The Morgan fingerprint density at radius 3 is 2.35 bits per heavy atom. The molecule has 118 valence electrons. The predicted octanol–water partition coefficient (Wildman–Crippen LogP) is 2.65. The Balaban J connectivity index is 1.98. The Bertz CT molecular complexity index is 696. The molecule has 0 fully saturated rings. The minimum Gasteiger partial charge on any atom is -0.480 e. The molecule has 0 heterocycles. The number of halogens is 1. The van der Waals surface area contributed by atoms with E-state index in [4.69, 9.17) is 0 Å². The third-order valence-corrected chi connectivity index (χ3v) is 3.19. The van der Waals surface area contributed by atoms with Gasteiger partial charge >= 0.3 is 5.97 Å². The minimum absolute atomic E-state index is 0.201. The van der Waals surface area contributed by atoms with Gasteiger partial charge in [-0.1, -0.05) is 42.5 Å². The highest BCUT2D eigenvalue weighted by molar-refractivity contribution is 5.94. The maximum absolute atomic E-state index is 12.8. The molecule has 23 heavy (non-hydrogen) atoms. The smallest absolute Gasteiger partial charge is 0.326 e. The molecule has 2 aromatic carbocycles. The quantitative estimate of drug-likeness (QED) is 0.806. The van der Waals surface area contributed by atoms with Gasteiger partial charge in [0, 0.05) is 12.5 Å². The average molecular weight is 313 g/mol. The zero-order chi connectivity index (χ0) is 16.7. The van der Waals surface area contributed by atoms with Gasteiger partial charge in [0.15, 0.2) is 0 Å². The highest BCUT2D eigenvalue weighted by atomic mass is 19.1. The summed E-state index contributed by atoms with van der Waals surface area (Å²) in [6.45, 7) is 0. The van der Waals surface area contributed by atoms with Gasteiger partial charge in [0.2, 0.25) is 5.91 Å². The van der Waals surface area contributed by atoms with E-state index in [1.807, 2.05) is 18.2 Å². The van der Waals surface area contributed by atoms with Crippen LogP contribution in [0.2, 0.25) is 0 Å². The van der Waals surface area contributed by atoms with Crippen molar-refractivity contribution in [2.24, 2.45) is 0 Å². The molecule has 1 atom stereocenters. The molecule has 0 saturated heterocycles. The second-order valence-corrected chi connectivity index (χ2v) is 4.97. The van der Waals surface area contributed by atoms with Gasteiger partial charge in [0.25, 0.3) is 0 Å². The van der Waals surface area contributed by atoms with E-state index in [2.05, 4.69) is 5.32 Å². The number of rotatable bonds is 6. The topological polar surface area (TPSA) is 66.4 Å². The molecular weight excluding hydrogens is 297 g/mol. The maximum atomic E-state index is 12.8. The van der Waals surface area contributed by atoms with Crippen molar-refractivity contribution in [3.8, 4) is 0 Å². The van der Waals surface area contributed by atoms with Crippen LogP contribution in [-0.2, 0) is 16.0 Å². The number of hydrogen-bond acceptors (Lipinski definition) is 2. The molecular formula is C18H16FNO3. The Labute approximate surface area is 133 Å². The molecule has 1 amide bonds. The molecule has 4 nitrogen and oxygen atoms in total. The summed E-state index contributed by atoms with van der Waals surface area (Å²) in [5.74, 6) is -1.98. The third kappa shape index (κ3) is 5.39. The fourth-order valence-electron chi connectivity index (χ4n) is 2.02. The van der Waals surface area contributed by atoms with Crippen molar-refractivity contribution in [2.75, 3.05) is 0 Å². The van der Waals surface area contributed by atoms with Crippen molar-refractivity contribution in [3.63, 3.8) is 0 Å². The summed E-state index contributed by atoms with van der Waals surface area (Å²) in [5, 5.41) is 11.7. The SMILES string of the molecule is O=C(/C=C/c1ccc(F)cc1)N[C@H](Cc1ccccc1)C(=O)O. The van der Waals surface area contributed by atoms with E-state index in [9.17, 15) is 19.1 Å². The fraction of sp³-hybridized carbons (Fsp3) is 0.111. The summed E-state index contributed by atoms with van der Waals surface area (Å²) >= 11 is 0. The molecule has 0 aliphatic carbocycles. The zero-order valence-corrected chi connectivity index (χ0v) is 12.3. The van der Waals surface area contributed by atoms with E-state index in [1.54, 1.807) is 12.1 Å². The van der Waals surface area contributed by atoms with Crippen LogP contribution in [0.15, 0.2) is 60.7 Å². The Morgan fingerprint density at radius 1 is 1.09 bits per heavy atom. The number of carbonyl (C=O) groups is 2. The highest BCUT2D eigenvalue weighted by Gasteiger charge is 2.19. The van der Waals surface area contributed by atoms with Crippen LogP contribution in [0.5, 0.6) is 0 Å². The number of aliphatic carboxylic acids is 1. The highest BCUT2D eigenvalue weighted by Crippen LogP contribution is 2.06. The predicted molar refractivity (Wildman–Crippen MR) is 85.1 cm³/mol. The first-order valence-electron chi connectivity index (χ1n) is 7.05. The normalized spacial score (nSPS) is 12.0. The van der Waals surface area contributed by atoms with Crippen molar-refractivity contribution in [3.05, 3.63) is 77.6 Å². The molecule has 0 radical (unpaired) electrons. The maximum Gasteiger partial charge on any atom is 0.326 e. The van der Waals surface area contributed by atoms with Crippen LogP contribution in [0.3, 0.4) is 0 Å². The summed E-state index contributed by atoms with van der Waals surface area (Å²) in [6.07, 6.45) is 2.93. The lowest BCUT2D eigenvalue weighted by Crippen LogP contribution is -2.41. The standard InChI is InChI=1S/C18H16FNO3/c19-15-9-6-13(7-10-15)8-11-17(21)20-16(18(22)23)12-14-4-2-1-3-5-14/h1-11,16H,12H2,(H,20,21)(H,22,23)/b11-8+/t16-/m1/s1. The molecule has 0 spiro atoms. The van der Waals surface area contributed by atoms with Gasteiger partial charge in [-0.05, 0) is 29.3 Å². The molecule has 0 saturated carbocycles. The zero-order valence-electron chi connectivity index (χ0n) is 12.3.